The third-order valence-electron chi connectivity index (χ3n) is 6.18. The Morgan fingerprint density at radius 2 is 1.90 bits per heavy atom. The van der Waals surface area contributed by atoms with Gasteiger partial charge in [0.25, 0.3) is 12.9 Å². The number of alkyl halides is 4. The van der Waals surface area contributed by atoms with Crippen LogP contribution in [0.3, 0.4) is 0 Å². The molecule has 169 valence electrons. The summed E-state index contributed by atoms with van der Waals surface area (Å²) in [6.45, 7) is 0.396. The second kappa shape index (κ2) is 9.77. The van der Waals surface area contributed by atoms with Crippen molar-refractivity contribution < 1.29 is 22.4 Å². The predicted molar refractivity (Wildman–Crippen MR) is 108 cm³/mol. The fourth-order valence-corrected chi connectivity index (χ4v) is 5.50. The second-order valence-corrected chi connectivity index (χ2v) is 9.24. The number of piperidine rings is 1. The molecule has 1 saturated heterocycles. The average Bonchev–Trinajstić information content (AvgIpc) is 3.43. The lowest BCUT2D eigenvalue weighted by Crippen LogP contribution is -2.31. The Morgan fingerprint density at radius 1 is 1.13 bits per heavy atom. The van der Waals surface area contributed by atoms with E-state index in [1.807, 2.05) is 0 Å². The van der Waals surface area contributed by atoms with E-state index in [1.54, 1.807) is 5.38 Å². The second-order valence-electron chi connectivity index (χ2n) is 8.35. The van der Waals surface area contributed by atoms with Crippen LogP contribution in [0.15, 0.2) is 11.4 Å². The van der Waals surface area contributed by atoms with Crippen LogP contribution in [-0.4, -0.2) is 27.1 Å². The highest BCUT2D eigenvalue weighted by molar-refractivity contribution is 7.09. The molecule has 0 N–H and O–H groups in total. The van der Waals surface area contributed by atoms with Gasteiger partial charge in [0, 0.05) is 24.3 Å². The van der Waals surface area contributed by atoms with Gasteiger partial charge in [0.2, 0.25) is 0 Å². The first-order valence-corrected chi connectivity index (χ1v) is 11.6. The normalized spacial score (nSPS) is 23.0. The number of halogens is 4. The molecule has 0 spiro atoms. The van der Waals surface area contributed by atoms with Crippen LogP contribution in [0.25, 0.3) is 0 Å². The van der Waals surface area contributed by atoms with E-state index in [2.05, 4.69) is 15.4 Å². The van der Waals surface area contributed by atoms with E-state index in [-0.39, 0.29) is 11.7 Å². The molecular weight excluding hydrogens is 432 g/mol. The van der Waals surface area contributed by atoms with Crippen molar-refractivity contribution in [1.29, 1.82) is 0 Å². The van der Waals surface area contributed by atoms with E-state index in [0.717, 1.165) is 28.6 Å². The largest absolute Gasteiger partial charge is 0.292 e. The highest BCUT2D eigenvalue weighted by Crippen LogP contribution is 2.37. The zero-order valence-corrected chi connectivity index (χ0v) is 17.8. The molecule has 2 unspecified atom stereocenters. The Morgan fingerprint density at radius 3 is 2.61 bits per heavy atom. The van der Waals surface area contributed by atoms with Gasteiger partial charge >= 0.3 is 0 Å². The van der Waals surface area contributed by atoms with Gasteiger partial charge in [-0.3, -0.25) is 4.79 Å². The van der Waals surface area contributed by atoms with Crippen molar-refractivity contribution in [2.24, 2.45) is 5.92 Å². The summed E-state index contributed by atoms with van der Waals surface area (Å²) < 4.78 is 53.6. The summed E-state index contributed by atoms with van der Waals surface area (Å²) in [4.78, 5) is 17.2. The van der Waals surface area contributed by atoms with Gasteiger partial charge in [-0.05, 0) is 24.8 Å². The van der Waals surface area contributed by atoms with E-state index < -0.39 is 30.4 Å². The first-order chi connectivity index (χ1) is 14.9. The first-order valence-electron chi connectivity index (χ1n) is 10.7. The Hall–Kier alpha value is -1.81. The highest BCUT2D eigenvalue weighted by Gasteiger charge is 2.32. The lowest BCUT2D eigenvalue weighted by Gasteiger charge is -2.29. The number of aromatic nitrogens is 3. The van der Waals surface area contributed by atoms with Crippen LogP contribution in [0.2, 0.25) is 0 Å². The van der Waals surface area contributed by atoms with Gasteiger partial charge in [0.1, 0.15) is 23.2 Å². The lowest BCUT2D eigenvalue weighted by atomic mass is 9.85. The molecule has 0 amide bonds. The Bertz CT molecular complexity index is 894. The van der Waals surface area contributed by atoms with Crippen LogP contribution in [0.5, 0.6) is 0 Å². The number of ketones is 1. The zero-order chi connectivity index (χ0) is 22.0. The van der Waals surface area contributed by atoms with Crippen molar-refractivity contribution in [1.82, 2.24) is 20.1 Å². The molecule has 10 heteroatoms. The molecule has 1 aliphatic carbocycles. The number of thiazole rings is 1. The molecule has 5 nitrogen and oxygen atoms in total. The standard InChI is InChI=1S/C21H25F4N4OS/c22-19(23)14-10-16(20(24)25)29(28-14)18-9-13(6-7-26-18)21-27-15(11-31-21)17(30)8-12-4-2-1-3-5-12/h10-13,18-20H,1-9H2. The Labute approximate surface area is 182 Å². The van der Waals surface area contributed by atoms with Crippen molar-refractivity contribution in [2.75, 3.05) is 6.54 Å². The molecule has 3 heterocycles. The third kappa shape index (κ3) is 5.16. The summed E-state index contributed by atoms with van der Waals surface area (Å²) in [7, 11) is 0. The van der Waals surface area contributed by atoms with Crippen molar-refractivity contribution >= 4 is 17.1 Å². The first kappa shape index (κ1) is 22.4. The molecule has 1 saturated carbocycles. The summed E-state index contributed by atoms with van der Waals surface area (Å²) in [6.07, 6.45) is 0.714. The molecule has 2 aliphatic rings. The van der Waals surface area contributed by atoms with Gasteiger partial charge in [-0.15, -0.1) is 11.3 Å². The number of nitrogens with zero attached hydrogens (tertiary/aromatic N) is 4. The SMILES string of the molecule is O=C(CC1CCCCC1)c1csc(C2CC[N]C(n3nc(C(F)F)cc3C(F)F)C2)n1. The molecule has 1 aliphatic heterocycles. The topological polar surface area (TPSA) is 61.9 Å². The number of carbonyl (C=O) groups excluding carboxylic acids is 1. The molecule has 2 aromatic rings. The van der Waals surface area contributed by atoms with Gasteiger partial charge in [-0.2, -0.15) is 5.10 Å². The van der Waals surface area contributed by atoms with Crippen LogP contribution in [-0.2, 0) is 0 Å². The van der Waals surface area contributed by atoms with Gasteiger partial charge in [0.05, 0.1) is 5.01 Å². The van der Waals surface area contributed by atoms with Gasteiger partial charge in [-0.25, -0.2) is 32.5 Å². The summed E-state index contributed by atoms with van der Waals surface area (Å²) >= 11 is 1.39. The minimum Gasteiger partial charge on any atom is -0.292 e. The van der Waals surface area contributed by atoms with Crippen molar-refractivity contribution in [3.63, 3.8) is 0 Å². The quantitative estimate of drug-likeness (QED) is 0.376. The third-order valence-corrected chi connectivity index (χ3v) is 7.19. The van der Waals surface area contributed by atoms with E-state index in [0.29, 0.717) is 37.4 Å². The van der Waals surface area contributed by atoms with E-state index >= 15 is 0 Å². The lowest BCUT2D eigenvalue weighted by molar-refractivity contribution is 0.0945. The molecule has 2 atom stereocenters. The maximum Gasteiger partial charge on any atom is 0.282 e. The van der Waals surface area contributed by atoms with E-state index in [4.69, 9.17) is 0 Å². The van der Waals surface area contributed by atoms with Crippen LogP contribution in [0.1, 0.15) is 103 Å². The molecule has 0 bridgehead atoms. The number of hydrogen-bond donors (Lipinski definition) is 0. The maximum absolute atomic E-state index is 13.4. The van der Waals surface area contributed by atoms with Gasteiger partial charge < -0.3 is 0 Å². The smallest absolute Gasteiger partial charge is 0.282 e. The predicted octanol–water partition coefficient (Wildman–Crippen LogP) is 6.05. The zero-order valence-electron chi connectivity index (χ0n) is 17.0. The fraction of sp³-hybridized carbons (Fsp3) is 0.667. The number of rotatable bonds is 7. The average molecular weight is 458 g/mol. The van der Waals surface area contributed by atoms with Crippen molar-refractivity contribution in [3.8, 4) is 0 Å². The molecule has 31 heavy (non-hydrogen) atoms. The van der Waals surface area contributed by atoms with Gasteiger partial charge in [-0.1, -0.05) is 32.1 Å². The van der Waals surface area contributed by atoms with Crippen LogP contribution >= 0.6 is 11.3 Å². The highest BCUT2D eigenvalue weighted by atomic mass is 32.1. The van der Waals surface area contributed by atoms with E-state index in [9.17, 15) is 22.4 Å². The molecule has 2 aromatic heterocycles. The Kier molecular flexibility index (Phi) is 7.05. The maximum atomic E-state index is 13.4. The number of carbonyl (C=O) groups is 1. The summed E-state index contributed by atoms with van der Waals surface area (Å²) in [5, 5.41) is 10.6. The van der Waals surface area contributed by atoms with Crippen LogP contribution < -0.4 is 5.32 Å². The molecule has 2 fully saturated rings. The summed E-state index contributed by atoms with van der Waals surface area (Å²) in [5.74, 6) is 0.411. The van der Waals surface area contributed by atoms with Crippen molar-refractivity contribution in [3.05, 3.63) is 33.5 Å². The minimum atomic E-state index is -2.92. The molecule has 4 rings (SSSR count). The minimum absolute atomic E-state index is 0.0556. The summed E-state index contributed by atoms with van der Waals surface area (Å²) in [5.41, 5.74) is -0.748. The van der Waals surface area contributed by atoms with Crippen LogP contribution in [0.4, 0.5) is 17.6 Å². The van der Waals surface area contributed by atoms with Crippen LogP contribution in [0, 0.1) is 5.92 Å². The van der Waals surface area contributed by atoms with Gasteiger partial charge in [0.15, 0.2) is 5.78 Å². The monoisotopic (exact) mass is 457 g/mol. The van der Waals surface area contributed by atoms with Crippen molar-refractivity contribution in [2.45, 2.75) is 76.3 Å². The molecule has 1 radical (unpaired) electrons. The van der Waals surface area contributed by atoms with E-state index in [1.165, 1.54) is 30.6 Å². The Balaban J connectivity index is 1.45. The number of Topliss-reactive ketones (excluding diaryl/α,β-unsaturated/α-hetero) is 1. The number of hydrogen-bond acceptors (Lipinski definition) is 4. The molecular formula is C21H25F4N4OS. The fourth-order valence-electron chi connectivity index (χ4n) is 4.53. The molecule has 0 aromatic carbocycles. The summed E-state index contributed by atoms with van der Waals surface area (Å²) in [6, 6.07) is 0.750.